The molecule has 9 nitrogen and oxygen atoms in total. The van der Waals surface area contributed by atoms with Crippen LogP contribution in [0.2, 0.25) is 0 Å². The molecule has 0 unspecified atom stereocenters. The van der Waals surface area contributed by atoms with E-state index in [1.807, 2.05) is 0 Å². The van der Waals surface area contributed by atoms with Crippen molar-refractivity contribution in [2.24, 2.45) is 0 Å². The Labute approximate surface area is 106 Å². The molecule has 0 radical (unpaired) electrons. The average molecular weight is 274 g/mol. The number of aliphatic hydroxyl groups excluding tert-OH is 1. The van der Waals surface area contributed by atoms with Crippen molar-refractivity contribution in [1.29, 1.82) is 0 Å². The summed E-state index contributed by atoms with van der Waals surface area (Å²) >= 11 is 0. The van der Waals surface area contributed by atoms with E-state index in [0.717, 1.165) is 0 Å². The van der Waals surface area contributed by atoms with Gasteiger partial charge in [0.15, 0.2) is 0 Å². The molecule has 106 valence electrons. The average Bonchev–Trinajstić information content (AvgIpc) is 2.72. The molecule has 2 rings (SSSR count). The smallest absolute Gasteiger partial charge is 0.330 e. The first-order chi connectivity index (χ1) is 9.02. The van der Waals surface area contributed by atoms with Gasteiger partial charge in [-0.15, -0.1) is 0 Å². The maximum absolute atomic E-state index is 11.7. The maximum atomic E-state index is 11.7. The topological polar surface area (TPSA) is 123 Å². The zero-order chi connectivity index (χ0) is 14.0. The van der Waals surface area contributed by atoms with Crippen molar-refractivity contribution in [1.82, 2.24) is 9.55 Å². The zero-order valence-corrected chi connectivity index (χ0v) is 10.1. The van der Waals surface area contributed by atoms with Gasteiger partial charge in [0.05, 0.1) is 6.10 Å². The van der Waals surface area contributed by atoms with Gasteiger partial charge in [0.1, 0.15) is 18.9 Å². The highest BCUT2D eigenvalue weighted by Crippen LogP contribution is 2.27. The van der Waals surface area contributed by atoms with Gasteiger partial charge in [-0.05, 0) is 6.92 Å². The number of rotatable bonds is 4. The monoisotopic (exact) mass is 274 g/mol. The van der Waals surface area contributed by atoms with E-state index in [9.17, 15) is 14.7 Å². The zero-order valence-electron chi connectivity index (χ0n) is 10.1. The predicted octanol–water partition coefficient (Wildman–Crippen LogP) is -1.09. The summed E-state index contributed by atoms with van der Waals surface area (Å²) in [5.74, 6) is 0. The molecule has 0 bridgehead atoms. The number of hydrogen-bond acceptors (Lipinski definition) is 7. The van der Waals surface area contributed by atoms with E-state index in [2.05, 4.69) is 14.9 Å². The quantitative estimate of drug-likeness (QED) is 0.471. The standard InChI is InChI=1S/C10H14N2O7/c1-5-3-12(10(15)11-9(5)14)8-2-6(13)7(18-8)4-17-19-16/h3,6-8,13,16H,2,4H2,1H3,(H,11,14,15)/t6-,7+,8+/m0/s1. The number of nitrogens with one attached hydrogen (secondary N) is 1. The van der Waals surface area contributed by atoms with Crippen LogP contribution in [0, 0.1) is 6.92 Å². The second kappa shape index (κ2) is 5.63. The number of aromatic nitrogens is 2. The molecule has 0 spiro atoms. The Morgan fingerprint density at radius 1 is 1.58 bits per heavy atom. The molecule has 1 aromatic heterocycles. The first kappa shape index (κ1) is 13.9. The first-order valence-corrected chi connectivity index (χ1v) is 5.61. The van der Waals surface area contributed by atoms with Crippen molar-refractivity contribution in [3.05, 3.63) is 32.6 Å². The van der Waals surface area contributed by atoms with Crippen LogP contribution < -0.4 is 11.2 Å². The van der Waals surface area contributed by atoms with Gasteiger partial charge in [-0.2, -0.15) is 0 Å². The highest BCUT2D eigenvalue weighted by Gasteiger charge is 2.36. The molecule has 1 aliphatic heterocycles. The van der Waals surface area contributed by atoms with Crippen molar-refractivity contribution >= 4 is 0 Å². The van der Waals surface area contributed by atoms with Gasteiger partial charge in [0.2, 0.25) is 0 Å². The third-order valence-electron chi connectivity index (χ3n) is 2.95. The van der Waals surface area contributed by atoms with Crippen LogP contribution in [-0.2, 0) is 14.7 Å². The van der Waals surface area contributed by atoms with Gasteiger partial charge in [-0.25, -0.2) is 14.9 Å². The van der Waals surface area contributed by atoms with Crippen molar-refractivity contribution in [2.75, 3.05) is 6.61 Å². The first-order valence-electron chi connectivity index (χ1n) is 5.61. The molecule has 1 saturated heterocycles. The molecular weight excluding hydrogens is 260 g/mol. The van der Waals surface area contributed by atoms with Gasteiger partial charge in [-0.3, -0.25) is 14.3 Å². The van der Waals surface area contributed by atoms with E-state index in [1.54, 1.807) is 6.92 Å². The highest BCUT2D eigenvalue weighted by molar-refractivity contribution is 5.02. The summed E-state index contributed by atoms with van der Waals surface area (Å²) in [6, 6.07) is 0. The van der Waals surface area contributed by atoms with Crippen molar-refractivity contribution < 1.29 is 25.0 Å². The van der Waals surface area contributed by atoms with Crippen LogP contribution in [0.25, 0.3) is 0 Å². The fourth-order valence-electron chi connectivity index (χ4n) is 1.93. The fourth-order valence-corrected chi connectivity index (χ4v) is 1.93. The largest absolute Gasteiger partial charge is 0.390 e. The Morgan fingerprint density at radius 3 is 3.00 bits per heavy atom. The van der Waals surface area contributed by atoms with E-state index >= 15 is 0 Å². The molecule has 2 heterocycles. The van der Waals surface area contributed by atoms with Gasteiger partial charge in [0, 0.05) is 18.2 Å². The van der Waals surface area contributed by atoms with Gasteiger partial charge < -0.3 is 9.84 Å². The molecule has 1 aliphatic rings. The number of H-pyrrole nitrogens is 1. The normalized spacial score (nSPS) is 26.8. The Bertz CT molecular complexity index is 552. The summed E-state index contributed by atoms with van der Waals surface area (Å²) in [6.07, 6.45) is -0.809. The van der Waals surface area contributed by atoms with Crippen molar-refractivity contribution in [2.45, 2.75) is 31.8 Å². The summed E-state index contributed by atoms with van der Waals surface area (Å²) in [7, 11) is 0. The van der Waals surface area contributed by atoms with Crippen molar-refractivity contribution in [3.63, 3.8) is 0 Å². The highest BCUT2D eigenvalue weighted by atomic mass is 17.5. The fraction of sp³-hybridized carbons (Fsp3) is 0.600. The van der Waals surface area contributed by atoms with Crippen molar-refractivity contribution in [3.8, 4) is 0 Å². The molecule has 19 heavy (non-hydrogen) atoms. The Morgan fingerprint density at radius 2 is 2.32 bits per heavy atom. The Hall–Kier alpha value is -1.52. The summed E-state index contributed by atoms with van der Waals surface area (Å²) in [5.41, 5.74) is -0.725. The molecule has 1 aromatic rings. The second-order valence-electron chi connectivity index (χ2n) is 4.27. The number of aliphatic hydroxyl groups is 1. The minimum Gasteiger partial charge on any atom is -0.390 e. The lowest BCUT2D eigenvalue weighted by molar-refractivity contribution is -0.495. The molecule has 9 heteroatoms. The summed E-state index contributed by atoms with van der Waals surface area (Å²) in [5, 5.41) is 21.2. The number of aromatic amines is 1. The summed E-state index contributed by atoms with van der Waals surface area (Å²) < 4.78 is 6.61. The summed E-state index contributed by atoms with van der Waals surface area (Å²) in [6.45, 7) is 1.37. The lowest BCUT2D eigenvalue weighted by Crippen LogP contribution is -2.33. The lowest BCUT2D eigenvalue weighted by Gasteiger charge is -2.15. The lowest BCUT2D eigenvalue weighted by atomic mass is 10.2. The molecule has 3 N–H and O–H groups in total. The molecule has 0 aliphatic carbocycles. The van der Waals surface area contributed by atoms with Crippen LogP contribution >= 0.6 is 0 Å². The third kappa shape index (κ3) is 2.91. The minimum atomic E-state index is -0.876. The number of nitrogens with zero attached hydrogens (tertiary/aromatic N) is 1. The van der Waals surface area contributed by atoms with E-state index < -0.39 is 29.7 Å². The predicted molar refractivity (Wildman–Crippen MR) is 60.3 cm³/mol. The van der Waals surface area contributed by atoms with Crippen LogP contribution in [0.4, 0.5) is 0 Å². The number of ether oxygens (including phenoxy) is 1. The van der Waals surface area contributed by atoms with Gasteiger partial charge in [-0.1, -0.05) is 5.04 Å². The molecular formula is C10H14N2O7. The molecule has 0 aromatic carbocycles. The third-order valence-corrected chi connectivity index (χ3v) is 2.95. The Balaban J connectivity index is 2.18. The molecule has 0 amide bonds. The van der Waals surface area contributed by atoms with E-state index in [-0.39, 0.29) is 13.0 Å². The number of aryl methyl sites for hydroxylation is 1. The van der Waals surface area contributed by atoms with Crippen LogP contribution in [-0.4, -0.2) is 38.7 Å². The molecule has 3 atom stereocenters. The molecule has 0 saturated carbocycles. The second-order valence-corrected chi connectivity index (χ2v) is 4.27. The summed E-state index contributed by atoms with van der Waals surface area (Å²) in [4.78, 5) is 29.3. The molecule has 1 fully saturated rings. The Kier molecular flexibility index (Phi) is 4.12. The maximum Gasteiger partial charge on any atom is 0.330 e. The van der Waals surface area contributed by atoms with Gasteiger partial charge in [0.25, 0.3) is 5.56 Å². The van der Waals surface area contributed by atoms with Gasteiger partial charge >= 0.3 is 5.69 Å². The van der Waals surface area contributed by atoms with Crippen LogP contribution in [0.1, 0.15) is 18.2 Å². The van der Waals surface area contributed by atoms with E-state index in [0.29, 0.717) is 5.56 Å². The van der Waals surface area contributed by atoms with Crippen LogP contribution in [0.5, 0.6) is 0 Å². The van der Waals surface area contributed by atoms with E-state index in [1.165, 1.54) is 10.8 Å². The minimum absolute atomic E-state index is 0.158. The van der Waals surface area contributed by atoms with Crippen LogP contribution in [0.3, 0.4) is 0 Å². The van der Waals surface area contributed by atoms with Crippen LogP contribution in [0.15, 0.2) is 15.8 Å². The SMILES string of the molecule is Cc1cn([C@H]2C[C@H](O)[C@@H](COOO)O2)c(=O)[nH]c1=O. The van der Waals surface area contributed by atoms with E-state index in [4.69, 9.17) is 9.99 Å². The number of hydrogen-bond donors (Lipinski definition) is 3.